The van der Waals surface area contributed by atoms with Gasteiger partial charge in [-0.1, -0.05) is 0 Å². The number of nitriles is 1. The molecule has 1 aromatic carbocycles. The molecule has 0 saturated heterocycles. The summed E-state index contributed by atoms with van der Waals surface area (Å²) in [6, 6.07) is 5.01. The van der Waals surface area contributed by atoms with Crippen molar-refractivity contribution in [3.8, 4) is 17.6 Å². The molecule has 0 aliphatic rings. The number of ether oxygens (including phenoxy) is 3. The van der Waals surface area contributed by atoms with Gasteiger partial charge in [-0.15, -0.1) is 0 Å². The van der Waals surface area contributed by atoms with Crippen molar-refractivity contribution in [1.29, 1.82) is 5.26 Å². The van der Waals surface area contributed by atoms with Crippen molar-refractivity contribution in [3.63, 3.8) is 0 Å². The summed E-state index contributed by atoms with van der Waals surface area (Å²) in [5.74, 6) is -0.0415. The number of carbonyl (C=O) groups excluding carboxylic acids is 1. The highest BCUT2D eigenvalue weighted by Crippen LogP contribution is 2.30. The smallest absolute Gasteiger partial charge is 0.343 e. The van der Waals surface area contributed by atoms with Crippen molar-refractivity contribution in [3.05, 3.63) is 23.3 Å². The monoisotopic (exact) mass is 221 g/mol. The highest BCUT2D eigenvalue weighted by Gasteiger charge is 2.21. The minimum absolute atomic E-state index is 0.0758. The van der Waals surface area contributed by atoms with Crippen molar-refractivity contribution in [1.82, 2.24) is 0 Å². The van der Waals surface area contributed by atoms with E-state index in [0.29, 0.717) is 5.75 Å². The van der Waals surface area contributed by atoms with E-state index >= 15 is 0 Å². The van der Waals surface area contributed by atoms with Crippen molar-refractivity contribution in [2.45, 2.75) is 0 Å². The van der Waals surface area contributed by atoms with E-state index in [0.717, 1.165) is 0 Å². The molecular formula is C11H11NO4. The fraction of sp³-hybridized carbons (Fsp3) is 0.273. The summed E-state index contributed by atoms with van der Waals surface area (Å²) < 4.78 is 14.6. The number of methoxy groups -OCH3 is 3. The van der Waals surface area contributed by atoms with Crippen LogP contribution in [0, 0.1) is 11.3 Å². The maximum atomic E-state index is 11.5. The lowest BCUT2D eigenvalue weighted by Crippen LogP contribution is -2.08. The second-order valence-electron chi connectivity index (χ2n) is 2.82. The minimum Gasteiger partial charge on any atom is -0.496 e. The summed E-state index contributed by atoms with van der Waals surface area (Å²) in [4.78, 5) is 11.5. The molecule has 0 aliphatic carbocycles. The van der Waals surface area contributed by atoms with Gasteiger partial charge in [-0.3, -0.25) is 0 Å². The molecule has 0 radical (unpaired) electrons. The number of rotatable bonds is 3. The molecule has 0 amide bonds. The Bertz CT molecular complexity index is 448. The van der Waals surface area contributed by atoms with Crippen LogP contribution in [-0.2, 0) is 4.74 Å². The first-order chi connectivity index (χ1) is 7.69. The zero-order valence-corrected chi connectivity index (χ0v) is 9.23. The third kappa shape index (κ3) is 1.91. The van der Waals surface area contributed by atoms with E-state index in [2.05, 4.69) is 4.74 Å². The van der Waals surface area contributed by atoms with E-state index in [1.165, 1.54) is 21.3 Å². The first-order valence-corrected chi connectivity index (χ1v) is 4.43. The van der Waals surface area contributed by atoms with E-state index in [4.69, 9.17) is 14.7 Å². The minimum atomic E-state index is -0.632. The molecule has 0 unspecified atom stereocenters. The Morgan fingerprint density at radius 3 is 2.19 bits per heavy atom. The first-order valence-electron chi connectivity index (χ1n) is 4.43. The van der Waals surface area contributed by atoms with Gasteiger partial charge in [-0.25, -0.2) is 4.79 Å². The van der Waals surface area contributed by atoms with Gasteiger partial charge in [0.15, 0.2) is 0 Å². The fourth-order valence-electron chi connectivity index (χ4n) is 1.32. The molecule has 5 nitrogen and oxygen atoms in total. The molecule has 0 fully saturated rings. The first kappa shape index (κ1) is 11.9. The zero-order valence-electron chi connectivity index (χ0n) is 9.23. The van der Waals surface area contributed by atoms with Crippen LogP contribution in [0.25, 0.3) is 0 Å². The maximum absolute atomic E-state index is 11.5. The Morgan fingerprint density at radius 2 is 1.75 bits per heavy atom. The van der Waals surface area contributed by atoms with Gasteiger partial charge >= 0.3 is 5.97 Å². The summed E-state index contributed by atoms with van der Waals surface area (Å²) >= 11 is 0. The molecule has 0 atom stereocenters. The van der Waals surface area contributed by atoms with E-state index in [1.54, 1.807) is 12.1 Å². The van der Waals surface area contributed by atoms with E-state index in [-0.39, 0.29) is 16.9 Å². The van der Waals surface area contributed by atoms with Crippen LogP contribution in [0.5, 0.6) is 11.5 Å². The Hall–Kier alpha value is -2.22. The number of benzene rings is 1. The van der Waals surface area contributed by atoms with Crippen LogP contribution in [0.15, 0.2) is 12.1 Å². The van der Waals surface area contributed by atoms with Gasteiger partial charge in [0, 0.05) is 0 Å². The molecule has 0 aliphatic heterocycles. The maximum Gasteiger partial charge on any atom is 0.343 e. The summed E-state index contributed by atoms with van der Waals surface area (Å²) in [6.45, 7) is 0. The lowest BCUT2D eigenvalue weighted by molar-refractivity contribution is 0.0596. The van der Waals surface area contributed by atoms with E-state index in [9.17, 15) is 4.79 Å². The zero-order chi connectivity index (χ0) is 12.1. The summed E-state index contributed by atoms with van der Waals surface area (Å²) in [5, 5.41) is 9.00. The Kier molecular flexibility index (Phi) is 3.72. The van der Waals surface area contributed by atoms with E-state index < -0.39 is 5.97 Å². The summed E-state index contributed by atoms with van der Waals surface area (Å²) in [7, 11) is 4.07. The number of nitrogens with zero attached hydrogens (tertiary/aromatic N) is 1. The van der Waals surface area contributed by atoms with Crippen molar-refractivity contribution < 1.29 is 19.0 Å². The molecule has 0 aromatic heterocycles. The highest BCUT2D eigenvalue weighted by atomic mass is 16.5. The predicted molar refractivity (Wildman–Crippen MR) is 55.6 cm³/mol. The van der Waals surface area contributed by atoms with Crippen molar-refractivity contribution >= 4 is 5.97 Å². The Balaban J connectivity index is 3.50. The van der Waals surface area contributed by atoms with Crippen LogP contribution in [0.3, 0.4) is 0 Å². The average molecular weight is 221 g/mol. The van der Waals surface area contributed by atoms with Gasteiger partial charge in [0.25, 0.3) is 0 Å². The van der Waals surface area contributed by atoms with Crippen LogP contribution >= 0.6 is 0 Å². The third-order valence-electron chi connectivity index (χ3n) is 2.07. The summed E-state index contributed by atoms with van der Waals surface area (Å²) in [5.41, 5.74) is 0.181. The van der Waals surface area contributed by atoms with Crippen LogP contribution < -0.4 is 9.47 Å². The largest absolute Gasteiger partial charge is 0.496 e. The van der Waals surface area contributed by atoms with Gasteiger partial charge in [-0.05, 0) is 12.1 Å². The van der Waals surface area contributed by atoms with Crippen LogP contribution in [-0.4, -0.2) is 27.3 Å². The third-order valence-corrected chi connectivity index (χ3v) is 2.07. The van der Waals surface area contributed by atoms with E-state index in [1.807, 2.05) is 6.07 Å². The van der Waals surface area contributed by atoms with Crippen LogP contribution in [0.1, 0.15) is 15.9 Å². The number of hydrogen-bond donors (Lipinski definition) is 0. The molecule has 0 saturated carbocycles. The molecular weight excluding hydrogens is 210 g/mol. The van der Waals surface area contributed by atoms with Crippen molar-refractivity contribution in [2.75, 3.05) is 21.3 Å². The fourth-order valence-corrected chi connectivity index (χ4v) is 1.32. The number of esters is 1. The van der Waals surface area contributed by atoms with Gasteiger partial charge in [0.2, 0.25) is 0 Å². The average Bonchev–Trinajstić information content (AvgIpc) is 2.35. The normalized spacial score (nSPS) is 9.12. The van der Waals surface area contributed by atoms with Crippen molar-refractivity contribution in [2.24, 2.45) is 0 Å². The van der Waals surface area contributed by atoms with Crippen LogP contribution in [0.4, 0.5) is 0 Å². The van der Waals surface area contributed by atoms with Gasteiger partial charge in [-0.2, -0.15) is 5.26 Å². The predicted octanol–water partition coefficient (Wildman–Crippen LogP) is 1.36. The number of carbonyl (C=O) groups is 1. The van der Waals surface area contributed by atoms with Gasteiger partial charge in [0.05, 0.1) is 21.3 Å². The van der Waals surface area contributed by atoms with Gasteiger partial charge in [0.1, 0.15) is 28.7 Å². The molecule has 0 heterocycles. The molecule has 84 valence electrons. The number of hydrogen-bond acceptors (Lipinski definition) is 5. The Labute approximate surface area is 93.2 Å². The lowest BCUT2D eigenvalue weighted by Gasteiger charge is -2.11. The molecule has 0 spiro atoms. The summed E-state index contributed by atoms with van der Waals surface area (Å²) in [6.07, 6.45) is 0. The lowest BCUT2D eigenvalue weighted by atomic mass is 10.1. The molecule has 5 heteroatoms. The Morgan fingerprint density at radius 1 is 1.19 bits per heavy atom. The standard InChI is InChI=1S/C11H11NO4/c1-14-8-4-5-9(15-2)10(7(8)6-12)11(13)16-3/h4-5H,1-3H3. The second-order valence-corrected chi connectivity index (χ2v) is 2.82. The molecule has 0 bridgehead atoms. The van der Waals surface area contributed by atoms with Crippen LogP contribution in [0.2, 0.25) is 0 Å². The topological polar surface area (TPSA) is 68.6 Å². The highest BCUT2D eigenvalue weighted by molar-refractivity contribution is 5.96. The molecule has 16 heavy (non-hydrogen) atoms. The quantitative estimate of drug-likeness (QED) is 0.721. The SMILES string of the molecule is COC(=O)c1c(OC)ccc(OC)c1C#N. The molecule has 1 aromatic rings. The second kappa shape index (κ2) is 5.03. The molecule has 1 rings (SSSR count). The van der Waals surface area contributed by atoms with Gasteiger partial charge < -0.3 is 14.2 Å². The molecule has 0 N–H and O–H groups in total.